The summed E-state index contributed by atoms with van der Waals surface area (Å²) in [7, 11) is 1.66. The van der Waals surface area contributed by atoms with E-state index in [1.165, 1.54) is 0 Å². The van der Waals surface area contributed by atoms with Gasteiger partial charge in [0.1, 0.15) is 11.5 Å². The molecule has 1 atom stereocenters. The van der Waals surface area contributed by atoms with E-state index in [9.17, 15) is 5.11 Å². The topological polar surface area (TPSA) is 41.9 Å². The molecule has 21 heavy (non-hydrogen) atoms. The van der Waals surface area contributed by atoms with E-state index >= 15 is 0 Å². The molecular weight excluding hydrogens is 266 g/mol. The van der Waals surface area contributed by atoms with E-state index in [0.717, 1.165) is 48.3 Å². The number of phenolic OH excluding ortho intramolecular Hbond substituents is 1. The highest BCUT2D eigenvalue weighted by atomic mass is 16.5. The van der Waals surface area contributed by atoms with Gasteiger partial charge in [0.25, 0.3) is 0 Å². The third-order valence-corrected chi connectivity index (χ3v) is 4.02. The maximum atomic E-state index is 10.3. The maximum absolute atomic E-state index is 10.3. The molecule has 2 aromatic carbocycles. The van der Waals surface area contributed by atoms with Gasteiger partial charge in [-0.2, -0.15) is 0 Å². The van der Waals surface area contributed by atoms with Crippen molar-refractivity contribution in [1.29, 1.82) is 0 Å². The molecule has 0 unspecified atom stereocenters. The fourth-order valence-electron chi connectivity index (χ4n) is 2.90. The Balaban J connectivity index is 1.97. The van der Waals surface area contributed by atoms with Crippen LogP contribution in [-0.4, -0.2) is 42.9 Å². The number of benzene rings is 2. The third kappa shape index (κ3) is 2.96. The molecule has 3 rings (SSSR count). The maximum Gasteiger partial charge on any atom is 0.120 e. The lowest BCUT2D eigenvalue weighted by molar-refractivity contribution is -0.0212. The molecule has 0 radical (unpaired) electrons. The van der Waals surface area contributed by atoms with Crippen LogP contribution < -0.4 is 4.74 Å². The minimum absolute atomic E-state index is 0.241. The summed E-state index contributed by atoms with van der Waals surface area (Å²) in [5.41, 5.74) is 0.959. The Morgan fingerprint density at radius 2 is 2.14 bits per heavy atom. The number of morpholine rings is 1. The summed E-state index contributed by atoms with van der Waals surface area (Å²) < 4.78 is 10.9. The van der Waals surface area contributed by atoms with Crippen molar-refractivity contribution >= 4 is 10.8 Å². The van der Waals surface area contributed by atoms with Gasteiger partial charge in [0.15, 0.2) is 0 Å². The zero-order chi connectivity index (χ0) is 14.8. The first-order valence-corrected chi connectivity index (χ1v) is 7.30. The van der Waals surface area contributed by atoms with Crippen molar-refractivity contribution in [3.63, 3.8) is 0 Å². The highest BCUT2D eigenvalue weighted by Crippen LogP contribution is 2.31. The van der Waals surface area contributed by atoms with Gasteiger partial charge in [0.05, 0.1) is 19.8 Å². The summed E-state index contributed by atoms with van der Waals surface area (Å²) in [4.78, 5) is 2.32. The van der Waals surface area contributed by atoms with Crippen molar-refractivity contribution in [2.45, 2.75) is 19.6 Å². The second-order valence-electron chi connectivity index (χ2n) is 5.57. The van der Waals surface area contributed by atoms with Crippen LogP contribution in [0.1, 0.15) is 12.5 Å². The van der Waals surface area contributed by atoms with Gasteiger partial charge in [0, 0.05) is 25.2 Å². The number of rotatable bonds is 3. The predicted molar refractivity (Wildman–Crippen MR) is 82.9 cm³/mol. The number of ether oxygens (including phenoxy) is 2. The minimum Gasteiger partial charge on any atom is -0.508 e. The second-order valence-corrected chi connectivity index (χ2v) is 5.57. The normalized spacial score (nSPS) is 19.8. The standard InChI is InChI=1S/C17H21NO3/c1-12-10-18(7-8-21-12)11-16-15-9-14(20-2)5-3-13(15)4-6-17(16)19/h3-6,9,12,19H,7-8,10-11H2,1-2H3/t12-/m0/s1. The van der Waals surface area contributed by atoms with E-state index in [1.807, 2.05) is 24.3 Å². The molecule has 0 aliphatic carbocycles. The fourth-order valence-corrected chi connectivity index (χ4v) is 2.90. The van der Waals surface area contributed by atoms with Crippen LogP contribution in [0.15, 0.2) is 30.3 Å². The number of hydrogen-bond donors (Lipinski definition) is 1. The van der Waals surface area contributed by atoms with Crippen LogP contribution in [0.25, 0.3) is 10.8 Å². The largest absolute Gasteiger partial charge is 0.508 e. The van der Waals surface area contributed by atoms with Crippen molar-refractivity contribution in [2.24, 2.45) is 0 Å². The smallest absolute Gasteiger partial charge is 0.120 e. The van der Waals surface area contributed by atoms with Crippen molar-refractivity contribution < 1.29 is 14.6 Å². The number of phenols is 1. The summed E-state index contributed by atoms with van der Waals surface area (Å²) in [6.07, 6.45) is 0.241. The van der Waals surface area contributed by atoms with Gasteiger partial charge in [-0.1, -0.05) is 12.1 Å². The number of fused-ring (bicyclic) bond motifs is 1. The second kappa shape index (κ2) is 5.92. The van der Waals surface area contributed by atoms with Crippen molar-refractivity contribution in [3.05, 3.63) is 35.9 Å². The van der Waals surface area contributed by atoms with Gasteiger partial charge in [-0.15, -0.1) is 0 Å². The first-order valence-electron chi connectivity index (χ1n) is 7.30. The SMILES string of the molecule is COc1ccc2ccc(O)c(CN3CCO[C@@H](C)C3)c2c1. The summed E-state index contributed by atoms with van der Waals surface area (Å²) in [6, 6.07) is 9.68. The molecule has 4 nitrogen and oxygen atoms in total. The molecule has 0 spiro atoms. The van der Waals surface area contributed by atoms with E-state index in [-0.39, 0.29) is 6.10 Å². The van der Waals surface area contributed by atoms with Crippen LogP contribution >= 0.6 is 0 Å². The summed E-state index contributed by atoms with van der Waals surface area (Å²) in [5, 5.41) is 12.4. The predicted octanol–water partition coefficient (Wildman–Crippen LogP) is 2.77. The van der Waals surface area contributed by atoms with Crippen LogP contribution in [-0.2, 0) is 11.3 Å². The van der Waals surface area contributed by atoms with Crippen LogP contribution in [0.5, 0.6) is 11.5 Å². The molecule has 0 aromatic heterocycles. The highest BCUT2D eigenvalue weighted by molar-refractivity contribution is 5.88. The zero-order valence-electron chi connectivity index (χ0n) is 12.5. The minimum atomic E-state index is 0.241. The average molecular weight is 287 g/mol. The van der Waals surface area contributed by atoms with Gasteiger partial charge in [0.2, 0.25) is 0 Å². The molecule has 0 amide bonds. The lowest BCUT2D eigenvalue weighted by atomic mass is 10.0. The van der Waals surface area contributed by atoms with E-state index < -0.39 is 0 Å². The Labute approximate surface area is 124 Å². The van der Waals surface area contributed by atoms with E-state index in [4.69, 9.17) is 9.47 Å². The molecule has 1 aliphatic rings. The molecule has 2 aromatic rings. The first-order chi connectivity index (χ1) is 10.2. The molecule has 1 N–H and O–H groups in total. The number of methoxy groups -OCH3 is 1. The highest BCUT2D eigenvalue weighted by Gasteiger charge is 2.19. The molecule has 1 heterocycles. The third-order valence-electron chi connectivity index (χ3n) is 4.02. The Hall–Kier alpha value is -1.78. The van der Waals surface area contributed by atoms with Gasteiger partial charge in [-0.05, 0) is 35.9 Å². The Bertz CT molecular complexity index is 641. The lowest BCUT2D eigenvalue weighted by Crippen LogP contribution is -2.40. The zero-order valence-corrected chi connectivity index (χ0v) is 12.5. The molecule has 1 fully saturated rings. The molecule has 1 saturated heterocycles. The van der Waals surface area contributed by atoms with Crippen molar-refractivity contribution in [3.8, 4) is 11.5 Å². The fraction of sp³-hybridized carbons (Fsp3) is 0.412. The Kier molecular flexibility index (Phi) is 3.99. The number of hydrogen-bond acceptors (Lipinski definition) is 4. The van der Waals surface area contributed by atoms with E-state index in [0.29, 0.717) is 5.75 Å². The van der Waals surface area contributed by atoms with Gasteiger partial charge >= 0.3 is 0 Å². The van der Waals surface area contributed by atoms with E-state index in [2.05, 4.69) is 11.8 Å². The average Bonchev–Trinajstić information content (AvgIpc) is 2.50. The Morgan fingerprint density at radius 3 is 2.90 bits per heavy atom. The van der Waals surface area contributed by atoms with Crippen LogP contribution in [0, 0.1) is 0 Å². The van der Waals surface area contributed by atoms with Gasteiger partial charge in [-0.25, -0.2) is 0 Å². The van der Waals surface area contributed by atoms with Crippen molar-refractivity contribution in [1.82, 2.24) is 4.90 Å². The number of nitrogens with zero attached hydrogens (tertiary/aromatic N) is 1. The molecule has 1 aliphatic heterocycles. The molecular formula is C17H21NO3. The van der Waals surface area contributed by atoms with Crippen LogP contribution in [0.3, 0.4) is 0 Å². The lowest BCUT2D eigenvalue weighted by Gasteiger charge is -2.31. The number of aromatic hydroxyl groups is 1. The quantitative estimate of drug-likeness (QED) is 0.942. The monoisotopic (exact) mass is 287 g/mol. The van der Waals surface area contributed by atoms with Gasteiger partial charge in [-0.3, -0.25) is 4.90 Å². The molecule has 0 saturated carbocycles. The summed E-state index contributed by atoms with van der Waals surface area (Å²) in [6.45, 7) is 5.34. The summed E-state index contributed by atoms with van der Waals surface area (Å²) >= 11 is 0. The Morgan fingerprint density at radius 1 is 1.33 bits per heavy atom. The molecule has 4 heteroatoms. The molecule has 112 valence electrons. The first kappa shape index (κ1) is 14.2. The van der Waals surface area contributed by atoms with Crippen LogP contribution in [0.2, 0.25) is 0 Å². The summed E-state index contributed by atoms with van der Waals surface area (Å²) in [5.74, 6) is 1.15. The molecule has 0 bridgehead atoms. The van der Waals surface area contributed by atoms with Crippen LogP contribution in [0.4, 0.5) is 0 Å². The van der Waals surface area contributed by atoms with Gasteiger partial charge < -0.3 is 14.6 Å². The van der Waals surface area contributed by atoms with Crippen molar-refractivity contribution in [2.75, 3.05) is 26.8 Å². The van der Waals surface area contributed by atoms with E-state index in [1.54, 1.807) is 13.2 Å².